The van der Waals surface area contributed by atoms with Crippen molar-refractivity contribution in [3.63, 3.8) is 0 Å². The molecule has 0 aliphatic carbocycles. The molecule has 9 heteroatoms. The summed E-state index contributed by atoms with van der Waals surface area (Å²) in [5, 5.41) is 2.51. The molecule has 1 fully saturated rings. The summed E-state index contributed by atoms with van der Waals surface area (Å²) < 4.78 is 4.99. The third-order valence-corrected chi connectivity index (χ3v) is 5.16. The molecule has 3 amide bonds. The Kier molecular flexibility index (Phi) is 6.29. The quantitative estimate of drug-likeness (QED) is 0.739. The molecular weight excluding hydrogens is 386 g/mol. The number of methoxy groups -OCH3 is 1. The zero-order valence-electron chi connectivity index (χ0n) is 17.2. The van der Waals surface area contributed by atoms with Crippen LogP contribution in [0.4, 0.5) is 5.69 Å². The number of nitrogens with one attached hydrogen (secondary N) is 1. The minimum absolute atomic E-state index is 0.0120. The molecule has 0 aromatic carbocycles. The third-order valence-electron chi connectivity index (χ3n) is 5.16. The number of piperidine rings is 1. The van der Waals surface area contributed by atoms with Crippen molar-refractivity contribution in [1.82, 2.24) is 14.9 Å². The minimum Gasteiger partial charge on any atom is -0.480 e. The van der Waals surface area contributed by atoms with Gasteiger partial charge in [0.1, 0.15) is 5.56 Å². The predicted molar refractivity (Wildman–Crippen MR) is 110 cm³/mol. The normalized spacial score (nSPS) is 18.6. The lowest BCUT2D eigenvalue weighted by Gasteiger charge is -2.38. The Bertz CT molecular complexity index is 960. The number of hydrogen-bond acceptors (Lipinski definition) is 6. The number of rotatable bonds is 4. The number of nitrogens with two attached hydrogens (primary N) is 1. The summed E-state index contributed by atoms with van der Waals surface area (Å²) in [5.41, 5.74) is 7.30. The molecular formula is C21H25N5O4. The van der Waals surface area contributed by atoms with Crippen LogP contribution in [0.15, 0.2) is 30.6 Å². The van der Waals surface area contributed by atoms with Gasteiger partial charge >= 0.3 is 11.8 Å². The Balaban J connectivity index is 1.80. The molecule has 2 aromatic heterocycles. The summed E-state index contributed by atoms with van der Waals surface area (Å²) in [4.78, 5) is 47.1. The van der Waals surface area contributed by atoms with Gasteiger partial charge in [0.2, 0.25) is 5.88 Å². The second kappa shape index (κ2) is 8.89. The highest BCUT2D eigenvalue weighted by molar-refractivity contribution is 6.39. The largest absolute Gasteiger partial charge is 0.480 e. The highest BCUT2D eigenvalue weighted by Gasteiger charge is 2.34. The zero-order chi connectivity index (χ0) is 21.8. The van der Waals surface area contributed by atoms with Gasteiger partial charge in [-0.25, -0.2) is 4.98 Å². The number of likely N-dealkylation sites (tertiary alicyclic amines) is 1. The summed E-state index contributed by atoms with van der Waals surface area (Å²) in [6, 6.07) is 4.94. The van der Waals surface area contributed by atoms with E-state index in [9.17, 15) is 14.4 Å². The van der Waals surface area contributed by atoms with E-state index in [-0.39, 0.29) is 29.1 Å². The SMILES string of the molecule is COc1ncc(NC(=O)C(=O)N2C[C@H](C)CC[C@H]2c2ccc(C)nc2)cc1C(N)=O. The van der Waals surface area contributed by atoms with E-state index in [1.807, 2.05) is 26.0 Å². The number of aromatic nitrogens is 2. The van der Waals surface area contributed by atoms with Crippen LogP contribution in [0.25, 0.3) is 0 Å². The highest BCUT2D eigenvalue weighted by Crippen LogP contribution is 2.33. The lowest BCUT2D eigenvalue weighted by atomic mass is 9.90. The lowest BCUT2D eigenvalue weighted by Crippen LogP contribution is -2.46. The number of aryl methyl sites for hydroxylation is 1. The Morgan fingerprint density at radius 1 is 1.20 bits per heavy atom. The van der Waals surface area contributed by atoms with Crippen LogP contribution in [-0.2, 0) is 9.59 Å². The lowest BCUT2D eigenvalue weighted by molar-refractivity contribution is -0.146. The Hall–Kier alpha value is -3.49. The van der Waals surface area contributed by atoms with Gasteiger partial charge < -0.3 is 20.7 Å². The molecule has 1 aliphatic heterocycles. The molecule has 3 N–H and O–H groups in total. The number of nitrogens with zero attached hydrogens (tertiary/aromatic N) is 3. The van der Waals surface area contributed by atoms with E-state index in [0.29, 0.717) is 6.54 Å². The van der Waals surface area contributed by atoms with Crippen molar-refractivity contribution in [2.75, 3.05) is 19.0 Å². The summed E-state index contributed by atoms with van der Waals surface area (Å²) in [6.07, 6.45) is 4.76. The summed E-state index contributed by atoms with van der Waals surface area (Å²) in [6.45, 7) is 4.42. The smallest absolute Gasteiger partial charge is 0.313 e. The minimum atomic E-state index is -0.809. The second-order valence-electron chi connectivity index (χ2n) is 7.49. The highest BCUT2D eigenvalue weighted by atomic mass is 16.5. The van der Waals surface area contributed by atoms with Gasteiger partial charge in [-0.15, -0.1) is 0 Å². The van der Waals surface area contributed by atoms with Crippen LogP contribution in [-0.4, -0.2) is 46.2 Å². The standard InChI is InChI=1S/C21H25N5O4/c1-12-4-7-17(14-6-5-13(2)23-9-14)26(11-12)21(29)19(28)25-15-8-16(18(22)27)20(30-3)24-10-15/h5-6,8-10,12,17H,4,7,11H2,1-3H3,(H2,22,27)(H,25,28)/t12-,17+/m1/s1. The van der Waals surface area contributed by atoms with Gasteiger partial charge in [-0.05, 0) is 43.4 Å². The fourth-order valence-electron chi connectivity index (χ4n) is 3.57. The first-order valence-corrected chi connectivity index (χ1v) is 9.68. The number of amides is 3. The Labute approximate surface area is 174 Å². The first kappa shape index (κ1) is 21.2. The zero-order valence-corrected chi connectivity index (χ0v) is 17.2. The van der Waals surface area contributed by atoms with Crippen LogP contribution in [0, 0.1) is 12.8 Å². The molecule has 2 aromatic rings. The van der Waals surface area contributed by atoms with E-state index < -0.39 is 17.7 Å². The molecule has 158 valence electrons. The van der Waals surface area contributed by atoms with Crippen LogP contribution in [0.1, 0.15) is 47.4 Å². The van der Waals surface area contributed by atoms with E-state index in [1.54, 1.807) is 11.1 Å². The van der Waals surface area contributed by atoms with Gasteiger partial charge in [0.15, 0.2) is 0 Å². The van der Waals surface area contributed by atoms with Gasteiger partial charge in [0, 0.05) is 18.4 Å². The van der Waals surface area contributed by atoms with Gasteiger partial charge in [0.05, 0.1) is 25.0 Å². The van der Waals surface area contributed by atoms with Crippen molar-refractivity contribution in [2.45, 2.75) is 32.7 Å². The molecule has 0 unspecified atom stereocenters. The number of carbonyl (C=O) groups is 3. The molecule has 1 saturated heterocycles. The van der Waals surface area contributed by atoms with Crippen molar-refractivity contribution >= 4 is 23.4 Å². The van der Waals surface area contributed by atoms with Crippen LogP contribution < -0.4 is 15.8 Å². The fraction of sp³-hybridized carbons (Fsp3) is 0.381. The first-order valence-electron chi connectivity index (χ1n) is 9.68. The van der Waals surface area contributed by atoms with Crippen LogP contribution >= 0.6 is 0 Å². The molecule has 0 saturated carbocycles. The van der Waals surface area contributed by atoms with E-state index in [2.05, 4.69) is 15.3 Å². The van der Waals surface area contributed by atoms with E-state index in [4.69, 9.17) is 10.5 Å². The number of hydrogen-bond donors (Lipinski definition) is 2. The summed E-state index contributed by atoms with van der Waals surface area (Å²) in [5.74, 6) is -1.89. The van der Waals surface area contributed by atoms with Crippen LogP contribution in [0.3, 0.4) is 0 Å². The number of anilines is 1. The van der Waals surface area contributed by atoms with Gasteiger partial charge in [-0.1, -0.05) is 13.0 Å². The predicted octanol–water partition coefficient (Wildman–Crippen LogP) is 1.83. The molecule has 30 heavy (non-hydrogen) atoms. The van der Waals surface area contributed by atoms with Crippen molar-refractivity contribution < 1.29 is 19.1 Å². The molecule has 0 spiro atoms. The molecule has 3 rings (SSSR count). The number of pyridine rings is 2. The molecule has 3 heterocycles. The maximum absolute atomic E-state index is 13.0. The molecule has 9 nitrogen and oxygen atoms in total. The third kappa shape index (κ3) is 4.56. The Morgan fingerprint density at radius 2 is 1.97 bits per heavy atom. The second-order valence-corrected chi connectivity index (χ2v) is 7.49. The van der Waals surface area contributed by atoms with E-state index in [1.165, 1.54) is 19.4 Å². The fourth-order valence-corrected chi connectivity index (χ4v) is 3.57. The molecule has 0 radical (unpaired) electrons. The average Bonchev–Trinajstić information content (AvgIpc) is 2.73. The topological polar surface area (TPSA) is 128 Å². The molecule has 2 atom stereocenters. The number of carbonyl (C=O) groups excluding carboxylic acids is 3. The maximum atomic E-state index is 13.0. The van der Waals surface area contributed by atoms with Crippen molar-refractivity contribution in [3.05, 3.63) is 47.4 Å². The Morgan fingerprint density at radius 3 is 2.60 bits per heavy atom. The van der Waals surface area contributed by atoms with Gasteiger partial charge in [-0.3, -0.25) is 19.4 Å². The average molecular weight is 411 g/mol. The molecule has 0 bridgehead atoms. The summed E-state index contributed by atoms with van der Waals surface area (Å²) in [7, 11) is 1.36. The van der Waals surface area contributed by atoms with Crippen molar-refractivity contribution in [3.8, 4) is 5.88 Å². The monoisotopic (exact) mass is 411 g/mol. The van der Waals surface area contributed by atoms with Crippen molar-refractivity contribution in [2.24, 2.45) is 11.7 Å². The van der Waals surface area contributed by atoms with Gasteiger partial charge in [0.25, 0.3) is 5.91 Å². The van der Waals surface area contributed by atoms with Gasteiger partial charge in [-0.2, -0.15) is 0 Å². The van der Waals surface area contributed by atoms with Crippen LogP contribution in [0.5, 0.6) is 5.88 Å². The van der Waals surface area contributed by atoms with E-state index in [0.717, 1.165) is 24.1 Å². The molecule has 1 aliphatic rings. The summed E-state index contributed by atoms with van der Waals surface area (Å²) >= 11 is 0. The van der Waals surface area contributed by atoms with Crippen LogP contribution in [0.2, 0.25) is 0 Å². The van der Waals surface area contributed by atoms with E-state index >= 15 is 0 Å². The number of primary amides is 1. The maximum Gasteiger partial charge on any atom is 0.313 e. The number of ether oxygens (including phenoxy) is 1. The first-order chi connectivity index (χ1) is 14.3. The van der Waals surface area contributed by atoms with Crippen molar-refractivity contribution in [1.29, 1.82) is 0 Å².